The van der Waals surface area contributed by atoms with Crippen LogP contribution in [0.4, 0.5) is 0 Å². The Bertz CT molecular complexity index is 539. The van der Waals surface area contributed by atoms with Crippen LogP contribution in [-0.4, -0.2) is 32.2 Å². The van der Waals surface area contributed by atoms with Gasteiger partial charge in [0.15, 0.2) is 11.5 Å². The maximum absolute atomic E-state index is 12.4. The number of carbonyl (C=O) groups excluding carboxylic acids is 1. The average molecular weight is 304 g/mol. The Labute approximate surface area is 131 Å². The van der Waals surface area contributed by atoms with Gasteiger partial charge in [0.25, 0.3) is 0 Å². The van der Waals surface area contributed by atoms with Gasteiger partial charge in [-0.3, -0.25) is 4.79 Å². The topological polar surface area (TPSA) is 73.6 Å². The van der Waals surface area contributed by atoms with Crippen molar-refractivity contribution in [1.29, 1.82) is 0 Å². The molecule has 1 aromatic carbocycles. The molecule has 0 atom stereocenters. The van der Waals surface area contributed by atoms with E-state index in [9.17, 15) is 4.79 Å². The molecule has 3 rings (SSSR count). The van der Waals surface area contributed by atoms with Crippen LogP contribution >= 0.6 is 0 Å². The highest BCUT2D eigenvalue weighted by molar-refractivity contribution is 5.83. The van der Waals surface area contributed by atoms with Crippen LogP contribution in [0.3, 0.4) is 0 Å². The van der Waals surface area contributed by atoms with E-state index in [1.54, 1.807) is 0 Å². The van der Waals surface area contributed by atoms with Crippen molar-refractivity contribution >= 4 is 5.91 Å². The van der Waals surface area contributed by atoms with Gasteiger partial charge in [0.1, 0.15) is 13.2 Å². The molecule has 3 N–H and O–H groups in total. The first-order valence-electron chi connectivity index (χ1n) is 8.10. The van der Waals surface area contributed by atoms with E-state index in [4.69, 9.17) is 15.2 Å². The van der Waals surface area contributed by atoms with E-state index in [1.165, 1.54) is 0 Å². The van der Waals surface area contributed by atoms with Crippen LogP contribution in [0.15, 0.2) is 18.2 Å². The summed E-state index contributed by atoms with van der Waals surface area (Å²) < 4.78 is 11.1. The minimum absolute atomic E-state index is 0.116. The van der Waals surface area contributed by atoms with Crippen LogP contribution in [0.1, 0.15) is 31.2 Å². The molecule has 1 aliphatic carbocycles. The van der Waals surface area contributed by atoms with Gasteiger partial charge in [-0.25, -0.2) is 0 Å². The summed E-state index contributed by atoms with van der Waals surface area (Å²) in [6.45, 7) is 2.26. The molecule has 0 aromatic heterocycles. The Hall–Kier alpha value is -1.75. The number of ether oxygens (including phenoxy) is 2. The lowest BCUT2D eigenvalue weighted by Gasteiger charge is -2.25. The number of amides is 1. The molecule has 0 bridgehead atoms. The highest BCUT2D eigenvalue weighted by Crippen LogP contribution is 2.37. The quantitative estimate of drug-likeness (QED) is 0.867. The summed E-state index contributed by atoms with van der Waals surface area (Å²) in [5.41, 5.74) is 6.65. The lowest BCUT2D eigenvalue weighted by Crippen LogP contribution is -2.44. The third kappa shape index (κ3) is 3.04. The predicted octanol–water partition coefficient (Wildman–Crippen LogP) is 1.64. The number of nitrogens with one attached hydrogen (secondary N) is 1. The lowest BCUT2D eigenvalue weighted by molar-refractivity contribution is -0.130. The van der Waals surface area contributed by atoms with E-state index in [1.807, 2.05) is 18.2 Å². The smallest absolute Gasteiger partial charge is 0.227 e. The molecule has 1 saturated carbocycles. The molecule has 5 nitrogen and oxygen atoms in total. The second-order valence-corrected chi connectivity index (χ2v) is 6.18. The van der Waals surface area contributed by atoms with Crippen LogP contribution in [-0.2, 0) is 11.2 Å². The third-order valence-corrected chi connectivity index (χ3v) is 4.74. The van der Waals surface area contributed by atoms with Crippen molar-refractivity contribution < 1.29 is 14.3 Å². The van der Waals surface area contributed by atoms with E-state index in [2.05, 4.69) is 5.32 Å². The number of rotatable bonds is 5. The van der Waals surface area contributed by atoms with Gasteiger partial charge in [-0.2, -0.15) is 0 Å². The van der Waals surface area contributed by atoms with Crippen molar-refractivity contribution in [3.8, 4) is 11.5 Å². The summed E-state index contributed by atoms with van der Waals surface area (Å²) in [5.74, 6) is 1.71. The molecular weight excluding hydrogens is 280 g/mol. The number of nitrogens with two attached hydrogens (primary N) is 1. The standard InChI is InChI=1S/C17H24N2O3/c18-12-17(6-1-2-7-17)16(20)19-8-5-13-3-4-14-15(11-13)22-10-9-21-14/h3-4,11H,1-2,5-10,12,18H2,(H,19,20). The zero-order chi connectivity index (χ0) is 15.4. The second-order valence-electron chi connectivity index (χ2n) is 6.18. The first kappa shape index (κ1) is 15.2. The van der Waals surface area contributed by atoms with Crippen molar-refractivity contribution in [3.63, 3.8) is 0 Å². The lowest BCUT2D eigenvalue weighted by atomic mass is 9.85. The Kier molecular flexibility index (Phi) is 4.52. The zero-order valence-corrected chi connectivity index (χ0v) is 12.9. The molecule has 0 unspecified atom stereocenters. The van der Waals surface area contributed by atoms with Gasteiger partial charge >= 0.3 is 0 Å². The van der Waals surface area contributed by atoms with Crippen molar-refractivity contribution in [2.24, 2.45) is 11.1 Å². The maximum Gasteiger partial charge on any atom is 0.227 e. The monoisotopic (exact) mass is 304 g/mol. The first-order valence-corrected chi connectivity index (χ1v) is 8.10. The Morgan fingerprint density at radius 1 is 1.18 bits per heavy atom. The minimum atomic E-state index is -0.327. The predicted molar refractivity (Wildman–Crippen MR) is 84.1 cm³/mol. The Morgan fingerprint density at radius 2 is 1.91 bits per heavy atom. The van der Waals surface area contributed by atoms with Crippen LogP contribution in [0, 0.1) is 5.41 Å². The van der Waals surface area contributed by atoms with Gasteiger partial charge in [0, 0.05) is 13.1 Å². The molecule has 22 heavy (non-hydrogen) atoms. The summed E-state index contributed by atoms with van der Waals surface area (Å²) in [7, 11) is 0. The van der Waals surface area contributed by atoms with E-state index in [-0.39, 0.29) is 11.3 Å². The number of carbonyl (C=O) groups is 1. The number of hydrogen-bond donors (Lipinski definition) is 2. The number of hydrogen-bond acceptors (Lipinski definition) is 4. The third-order valence-electron chi connectivity index (χ3n) is 4.74. The molecule has 0 spiro atoms. The number of benzene rings is 1. The van der Waals surface area contributed by atoms with Gasteiger partial charge in [0.05, 0.1) is 5.41 Å². The zero-order valence-electron chi connectivity index (χ0n) is 12.9. The Morgan fingerprint density at radius 3 is 2.64 bits per heavy atom. The van der Waals surface area contributed by atoms with Gasteiger partial charge < -0.3 is 20.5 Å². The largest absolute Gasteiger partial charge is 0.486 e. The molecule has 0 radical (unpaired) electrons. The normalized spacial score (nSPS) is 19.0. The fraction of sp³-hybridized carbons (Fsp3) is 0.588. The summed E-state index contributed by atoms with van der Waals surface area (Å²) in [6, 6.07) is 5.95. The summed E-state index contributed by atoms with van der Waals surface area (Å²) >= 11 is 0. The fourth-order valence-corrected chi connectivity index (χ4v) is 3.33. The molecule has 5 heteroatoms. The second kappa shape index (κ2) is 6.57. The minimum Gasteiger partial charge on any atom is -0.486 e. The molecule has 1 heterocycles. The molecule has 1 aliphatic heterocycles. The molecule has 1 aromatic rings. The van der Waals surface area contributed by atoms with E-state index >= 15 is 0 Å². The van der Waals surface area contributed by atoms with Crippen LogP contribution in [0.2, 0.25) is 0 Å². The van der Waals surface area contributed by atoms with Crippen LogP contribution in [0.25, 0.3) is 0 Å². The van der Waals surface area contributed by atoms with Crippen molar-refractivity contribution in [2.45, 2.75) is 32.1 Å². The van der Waals surface area contributed by atoms with E-state index < -0.39 is 0 Å². The molecular formula is C17H24N2O3. The van der Waals surface area contributed by atoms with Gasteiger partial charge in [-0.05, 0) is 37.0 Å². The highest BCUT2D eigenvalue weighted by atomic mass is 16.6. The van der Waals surface area contributed by atoms with Crippen LogP contribution < -0.4 is 20.5 Å². The van der Waals surface area contributed by atoms with Crippen molar-refractivity contribution in [3.05, 3.63) is 23.8 Å². The highest BCUT2D eigenvalue weighted by Gasteiger charge is 2.39. The average Bonchev–Trinajstić information content (AvgIpc) is 3.05. The molecule has 1 amide bonds. The SMILES string of the molecule is NCC1(C(=O)NCCc2ccc3c(c2)OCCO3)CCCC1. The molecule has 1 fully saturated rings. The fourth-order valence-electron chi connectivity index (χ4n) is 3.33. The van der Waals surface area contributed by atoms with Crippen molar-refractivity contribution in [1.82, 2.24) is 5.32 Å². The summed E-state index contributed by atoms with van der Waals surface area (Å²) in [4.78, 5) is 12.4. The van der Waals surface area contributed by atoms with Gasteiger partial charge in [0.2, 0.25) is 5.91 Å². The van der Waals surface area contributed by atoms with Crippen molar-refractivity contribution in [2.75, 3.05) is 26.3 Å². The van der Waals surface area contributed by atoms with Gasteiger partial charge in [-0.1, -0.05) is 18.9 Å². The maximum atomic E-state index is 12.4. The first-order chi connectivity index (χ1) is 10.7. The number of fused-ring (bicyclic) bond motifs is 1. The molecule has 120 valence electrons. The van der Waals surface area contributed by atoms with Gasteiger partial charge in [-0.15, -0.1) is 0 Å². The Balaban J connectivity index is 1.53. The van der Waals surface area contributed by atoms with Crippen LogP contribution in [0.5, 0.6) is 11.5 Å². The van der Waals surface area contributed by atoms with E-state index in [0.717, 1.165) is 49.2 Å². The van der Waals surface area contributed by atoms with E-state index in [0.29, 0.717) is 26.3 Å². The summed E-state index contributed by atoms with van der Waals surface area (Å²) in [5, 5.41) is 3.05. The molecule has 0 saturated heterocycles. The molecule has 2 aliphatic rings. The summed E-state index contributed by atoms with van der Waals surface area (Å²) in [6.07, 6.45) is 4.82.